The highest BCUT2D eigenvalue weighted by Crippen LogP contribution is 2.08. The Morgan fingerprint density at radius 2 is 1.00 bits per heavy atom. The van der Waals surface area contributed by atoms with E-state index in [4.69, 9.17) is 0 Å². The Bertz CT molecular complexity index is 710. The fraction of sp³-hybridized carbons (Fsp3) is 0. The highest BCUT2D eigenvalue weighted by Gasteiger charge is 1.93. The van der Waals surface area contributed by atoms with Gasteiger partial charge in [0.1, 0.15) is 0 Å². The van der Waals surface area contributed by atoms with Gasteiger partial charge in [-0.05, 0) is 23.3 Å². The van der Waals surface area contributed by atoms with Crippen molar-refractivity contribution < 1.29 is 0 Å². The molecule has 0 aliphatic carbocycles. The molecule has 0 atom stereocenters. The van der Waals surface area contributed by atoms with E-state index in [2.05, 4.69) is 34.2 Å². The van der Waals surface area contributed by atoms with Crippen LogP contribution in [0.1, 0.15) is 22.5 Å². The molecule has 0 aliphatic heterocycles. The fourth-order valence-corrected chi connectivity index (χ4v) is 2.05. The van der Waals surface area contributed by atoms with Crippen molar-refractivity contribution >= 4 is 24.3 Å². The van der Waals surface area contributed by atoms with Gasteiger partial charge >= 0.3 is 0 Å². The molecule has 0 saturated carbocycles. The van der Waals surface area contributed by atoms with Crippen LogP contribution in [0.15, 0.2) is 73.1 Å². The Balaban J connectivity index is 1.75. The molecule has 3 rings (SSSR count). The molecule has 0 unspecified atom stereocenters. The van der Waals surface area contributed by atoms with Crippen LogP contribution in [0.25, 0.3) is 24.3 Å². The normalized spacial score (nSPS) is 11.3. The third-order valence-corrected chi connectivity index (χ3v) is 3.16. The van der Waals surface area contributed by atoms with E-state index >= 15 is 0 Å². The molecule has 1 heterocycles. The van der Waals surface area contributed by atoms with Gasteiger partial charge in [-0.15, -0.1) is 0 Å². The van der Waals surface area contributed by atoms with E-state index in [0.717, 1.165) is 22.5 Å². The standard InChI is InChI=1S/C20H16N2/c1-3-7-17(8-4-1)11-13-19-15-21-16-20(22-19)14-12-18-9-5-2-6-10-18/h1-16H. The van der Waals surface area contributed by atoms with E-state index in [-0.39, 0.29) is 0 Å². The number of rotatable bonds is 4. The second kappa shape index (κ2) is 7.14. The van der Waals surface area contributed by atoms with Gasteiger partial charge in [0.2, 0.25) is 0 Å². The third kappa shape index (κ3) is 4.00. The summed E-state index contributed by atoms with van der Waals surface area (Å²) in [6, 6.07) is 20.3. The van der Waals surface area contributed by atoms with Crippen molar-refractivity contribution in [3.8, 4) is 0 Å². The van der Waals surface area contributed by atoms with Gasteiger partial charge in [-0.25, -0.2) is 4.98 Å². The average molecular weight is 284 g/mol. The van der Waals surface area contributed by atoms with Crippen LogP contribution in [-0.4, -0.2) is 9.97 Å². The van der Waals surface area contributed by atoms with Crippen LogP contribution in [0.2, 0.25) is 0 Å². The van der Waals surface area contributed by atoms with Gasteiger partial charge in [0.15, 0.2) is 0 Å². The van der Waals surface area contributed by atoms with Crippen molar-refractivity contribution in [1.29, 1.82) is 0 Å². The highest BCUT2D eigenvalue weighted by molar-refractivity contribution is 5.70. The molecule has 2 heteroatoms. The summed E-state index contributed by atoms with van der Waals surface area (Å²) in [5.74, 6) is 0. The Morgan fingerprint density at radius 3 is 1.45 bits per heavy atom. The molecule has 0 fully saturated rings. The second-order valence-corrected chi connectivity index (χ2v) is 4.86. The number of nitrogens with zero attached hydrogens (tertiary/aromatic N) is 2. The van der Waals surface area contributed by atoms with E-state index in [1.54, 1.807) is 12.4 Å². The minimum atomic E-state index is 0.846. The van der Waals surface area contributed by atoms with Gasteiger partial charge in [0.05, 0.1) is 23.8 Å². The predicted molar refractivity (Wildman–Crippen MR) is 92.8 cm³/mol. The molecular weight excluding hydrogens is 268 g/mol. The molecule has 106 valence electrons. The van der Waals surface area contributed by atoms with Crippen molar-refractivity contribution in [2.24, 2.45) is 0 Å². The Labute approximate surface area is 130 Å². The summed E-state index contributed by atoms with van der Waals surface area (Å²) in [5.41, 5.74) is 3.99. The van der Waals surface area contributed by atoms with Crippen molar-refractivity contribution in [2.45, 2.75) is 0 Å². The molecule has 2 nitrogen and oxygen atoms in total. The first-order chi connectivity index (χ1) is 10.9. The molecule has 1 aromatic heterocycles. The molecule has 0 saturated heterocycles. The topological polar surface area (TPSA) is 25.8 Å². The van der Waals surface area contributed by atoms with E-state index in [0.29, 0.717) is 0 Å². The average Bonchev–Trinajstić information content (AvgIpc) is 2.60. The first kappa shape index (κ1) is 14.0. The maximum atomic E-state index is 4.57. The molecular formula is C20H16N2. The van der Waals surface area contributed by atoms with Crippen LogP contribution in [-0.2, 0) is 0 Å². The Hall–Kier alpha value is -3.00. The molecule has 0 radical (unpaired) electrons. The Morgan fingerprint density at radius 1 is 0.545 bits per heavy atom. The lowest BCUT2D eigenvalue weighted by Crippen LogP contribution is -1.87. The lowest BCUT2D eigenvalue weighted by atomic mass is 10.2. The highest BCUT2D eigenvalue weighted by atomic mass is 14.8. The molecule has 0 N–H and O–H groups in total. The molecule has 2 aromatic carbocycles. The molecule has 0 aliphatic rings. The van der Waals surface area contributed by atoms with Gasteiger partial charge in [-0.2, -0.15) is 0 Å². The number of benzene rings is 2. The van der Waals surface area contributed by atoms with Crippen LogP contribution < -0.4 is 0 Å². The number of aromatic nitrogens is 2. The van der Waals surface area contributed by atoms with Crippen LogP contribution in [0.4, 0.5) is 0 Å². The van der Waals surface area contributed by atoms with Gasteiger partial charge in [-0.3, -0.25) is 4.98 Å². The number of hydrogen-bond donors (Lipinski definition) is 0. The maximum absolute atomic E-state index is 4.57. The van der Waals surface area contributed by atoms with Crippen LogP contribution in [0, 0.1) is 0 Å². The van der Waals surface area contributed by atoms with Gasteiger partial charge in [-0.1, -0.05) is 72.8 Å². The summed E-state index contributed by atoms with van der Waals surface area (Å²) in [4.78, 5) is 8.81. The number of hydrogen-bond acceptors (Lipinski definition) is 2. The summed E-state index contributed by atoms with van der Waals surface area (Å²) < 4.78 is 0. The summed E-state index contributed by atoms with van der Waals surface area (Å²) in [5, 5.41) is 0. The fourth-order valence-electron chi connectivity index (χ4n) is 2.05. The molecule has 3 aromatic rings. The first-order valence-electron chi connectivity index (χ1n) is 7.18. The van der Waals surface area contributed by atoms with Gasteiger partial charge in [0, 0.05) is 0 Å². The second-order valence-electron chi connectivity index (χ2n) is 4.86. The first-order valence-corrected chi connectivity index (χ1v) is 7.18. The zero-order valence-corrected chi connectivity index (χ0v) is 12.1. The minimum Gasteiger partial charge on any atom is -0.260 e. The third-order valence-electron chi connectivity index (χ3n) is 3.16. The molecule has 22 heavy (non-hydrogen) atoms. The van der Waals surface area contributed by atoms with Crippen molar-refractivity contribution in [3.63, 3.8) is 0 Å². The maximum Gasteiger partial charge on any atom is 0.0820 e. The summed E-state index contributed by atoms with van der Waals surface area (Å²) in [7, 11) is 0. The summed E-state index contributed by atoms with van der Waals surface area (Å²) in [6.45, 7) is 0. The summed E-state index contributed by atoms with van der Waals surface area (Å²) in [6.07, 6.45) is 11.5. The van der Waals surface area contributed by atoms with E-state index in [1.165, 1.54) is 0 Å². The summed E-state index contributed by atoms with van der Waals surface area (Å²) >= 11 is 0. The van der Waals surface area contributed by atoms with E-state index in [1.807, 2.05) is 60.7 Å². The van der Waals surface area contributed by atoms with Crippen molar-refractivity contribution in [2.75, 3.05) is 0 Å². The van der Waals surface area contributed by atoms with Gasteiger partial charge < -0.3 is 0 Å². The zero-order valence-electron chi connectivity index (χ0n) is 12.1. The molecule has 0 spiro atoms. The van der Waals surface area contributed by atoms with Crippen LogP contribution >= 0.6 is 0 Å². The lowest BCUT2D eigenvalue weighted by Gasteiger charge is -1.97. The largest absolute Gasteiger partial charge is 0.260 e. The van der Waals surface area contributed by atoms with E-state index in [9.17, 15) is 0 Å². The molecule has 0 amide bonds. The minimum absolute atomic E-state index is 0.846. The quantitative estimate of drug-likeness (QED) is 0.686. The SMILES string of the molecule is C(=Cc1cncc(C=Cc2ccccc2)n1)c1ccccc1. The molecule has 0 bridgehead atoms. The predicted octanol–water partition coefficient (Wildman–Crippen LogP) is 4.82. The van der Waals surface area contributed by atoms with Crippen molar-refractivity contribution in [1.82, 2.24) is 9.97 Å². The monoisotopic (exact) mass is 284 g/mol. The van der Waals surface area contributed by atoms with Crippen LogP contribution in [0.5, 0.6) is 0 Å². The smallest absolute Gasteiger partial charge is 0.0820 e. The zero-order chi connectivity index (χ0) is 15.0. The van der Waals surface area contributed by atoms with E-state index < -0.39 is 0 Å². The lowest BCUT2D eigenvalue weighted by molar-refractivity contribution is 1.16. The van der Waals surface area contributed by atoms with Crippen molar-refractivity contribution in [3.05, 3.63) is 95.6 Å². The Kier molecular flexibility index (Phi) is 4.53. The van der Waals surface area contributed by atoms with Gasteiger partial charge in [0.25, 0.3) is 0 Å². The van der Waals surface area contributed by atoms with Crippen LogP contribution in [0.3, 0.4) is 0 Å².